The van der Waals surface area contributed by atoms with Crippen LogP contribution in [0.15, 0.2) is 53.6 Å². The number of benzene rings is 1. The van der Waals surface area contributed by atoms with E-state index in [4.69, 9.17) is 5.26 Å². The predicted octanol–water partition coefficient (Wildman–Crippen LogP) is 2.46. The van der Waals surface area contributed by atoms with E-state index in [2.05, 4.69) is 9.97 Å². The highest BCUT2D eigenvalue weighted by molar-refractivity contribution is 5.82. The first kappa shape index (κ1) is 11.2. The quantitative estimate of drug-likeness (QED) is 0.718. The lowest BCUT2D eigenvalue weighted by Gasteiger charge is -2.04. The Morgan fingerprint density at radius 3 is 2.84 bits per heavy atom. The van der Waals surface area contributed by atoms with Crippen molar-refractivity contribution >= 4 is 10.9 Å². The van der Waals surface area contributed by atoms with Crippen molar-refractivity contribution in [2.75, 3.05) is 0 Å². The third kappa shape index (κ3) is 1.98. The normalized spacial score (nSPS) is 10.3. The Bertz CT molecular complexity index is 845. The van der Waals surface area contributed by atoms with Crippen LogP contribution in [0.1, 0.15) is 5.56 Å². The zero-order chi connectivity index (χ0) is 13.2. The van der Waals surface area contributed by atoms with Gasteiger partial charge in [-0.1, -0.05) is 0 Å². The van der Waals surface area contributed by atoms with E-state index in [1.807, 2.05) is 18.2 Å². The fraction of sp³-hybridized carbons (Fsp3) is 0. The van der Waals surface area contributed by atoms with Crippen LogP contribution in [0.25, 0.3) is 22.2 Å². The lowest BCUT2D eigenvalue weighted by atomic mass is 10.1. The molecule has 0 bridgehead atoms. The first-order chi connectivity index (χ1) is 9.28. The molecule has 0 saturated heterocycles. The van der Waals surface area contributed by atoms with E-state index in [9.17, 15) is 4.79 Å². The second-order valence-electron chi connectivity index (χ2n) is 4.16. The molecule has 0 spiro atoms. The van der Waals surface area contributed by atoms with Crippen LogP contribution < -0.4 is 5.43 Å². The lowest BCUT2D eigenvalue weighted by molar-refractivity contribution is 1.30. The van der Waals surface area contributed by atoms with Gasteiger partial charge in [0.15, 0.2) is 5.43 Å². The molecule has 0 aliphatic heterocycles. The molecule has 4 heteroatoms. The van der Waals surface area contributed by atoms with Crippen LogP contribution >= 0.6 is 0 Å². The lowest BCUT2D eigenvalue weighted by Crippen LogP contribution is -2.03. The Morgan fingerprint density at radius 1 is 1.21 bits per heavy atom. The molecule has 0 aliphatic rings. The van der Waals surface area contributed by atoms with E-state index >= 15 is 0 Å². The summed E-state index contributed by atoms with van der Waals surface area (Å²) in [5.41, 5.74) is 2.66. The van der Waals surface area contributed by atoms with Gasteiger partial charge in [-0.25, -0.2) is 0 Å². The highest BCUT2D eigenvalue weighted by atomic mass is 16.1. The van der Waals surface area contributed by atoms with E-state index < -0.39 is 0 Å². The van der Waals surface area contributed by atoms with Gasteiger partial charge in [0.1, 0.15) is 0 Å². The van der Waals surface area contributed by atoms with Gasteiger partial charge in [0.25, 0.3) is 0 Å². The molecule has 0 unspecified atom stereocenters. The average Bonchev–Trinajstić information content (AvgIpc) is 2.48. The highest BCUT2D eigenvalue weighted by Crippen LogP contribution is 2.17. The number of H-pyrrole nitrogens is 1. The minimum absolute atomic E-state index is 0.107. The maximum absolute atomic E-state index is 12.1. The van der Waals surface area contributed by atoms with Crippen LogP contribution in [-0.2, 0) is 0 Å². The van der Waals surface area contributed by atoms with E-state index in [1.165, 1.54) is 6.07 Å². The van der Waals surface area contributed by atoms with Crippen molar-refractivity contribution in [1.29, 1.82) is 5.26 Å². The van der Waals surface area contributed by atoms with Gasteiger partial charge in [-0.2, -0.15) is 5.26 Å². The number of nitriles is 1. The topological polar surface area (TPSA) is 69.5 Å². The summed E-state index contributed by atoms with van der Waals surface area (Å²) >= 11 is 0. The first-order valence-electron chi connectivity index (χ1n) is 5.75. The van der Waals surface area contributed by atoms with Crippen molar-refractivity contribution in [3.63, 3.8) is 0 Å². The van der Waals surface area contributed by atoms with Crippen LogP contribution in [0, 0.1) is 11.3 Å². The van der Waals surface area contributed by atoms with Gasteiger partial charge in [0.2, 0.25) is 0 Å². The summed E-state index contributed by atoms with van der Waals surface area (Å²) in [6.45, 7) is 0. The molecule has 0 fully saturated rings. The van der Waals surface area contributed by atoms with E-state index in [0.717, 1.165) is 11.3 Å². The number of nitrogens with zero attached hydrogens (tertiary/aromatic N) is 2. The number of aromatic nitrogens is 2. The SMILES string of the molecule is N#Cc1ccc2[nH]c(-c3cccnc3)cc(=O)c2c1. The van der Waals surface area contributed by atoms with Gasteiger partial charge >= 0.3 is 0 Å². The molecule has 2 heterocycles. The van der Waals surface area contributed by atoms with Crippen molar-refractivity contribution in [2.24, 2.45) is 0 Å². The number of rotatable bonds is 1. The Balaban J connectivity index is 2.27. The number of aromatic amines is 1. The Labute approximate surface area is 109 Å². The number of hydrogen-bond donors (Lipinski definition) is 1. The van der Waals surface area contributed by atoms with Gasteiger partial charge in [-0.3, -0.25) is 9.78 Å². The number of pyridine rings is 2. The molecule has 90 valence electrons. The van der Waals surface area contributed by atoms with Crippen LogP contribution in [0.3, 0.4) is 0 Å². The van der Waals surface area contributed by atoms with E-state index in [0.29, 0.717) is 16.5 Å². The molecule has 19 heavy (non-hydrogen) atoms. The molecule has 2 aromatic heterocycles. The van der Waals surface area contributed by atoms with Crippen LogP contribution in [-0.4, -0.2) is 9.97 Å². The van der Waals surface area contributed by atoms with Crippen molar-refractivity contribution in [1.82, 2.24) is 9.97 Å². The molecule has 3 aromatic rings. The first-order valence-corrected chi connectivity index (χ1v) is 5.75. The van der Waals surface area contributed by atoms with E-state index in [1.54, 1.807) is 30.6 Å². The summed E-state index contributed by atoms with van der Waals surface area (Å²) in [4.78, 5) is 19.3. The molecule has 0 radical (unpaired) electrons. The molecule has 3 rings (SSSR count). The van der Waals surface area contributed by atoms with Gasteiger partial charge in [-0.15, -0.1) is 0 Å². The van der Waals surface area contributed by atoms with Crippen LogP contribution in [0.4, 0.5) is 0 Å². The van der Waals surface area contributed by atoms with Crippen LogP contribution in [0.5, 0.6) is 0 Å². The third-order valence-electron chi connectivity index (χ3n) is 2.93. The molecular formula is C15H9N3O. The Kier molecular flexibility index (Phi) is 2.58. The zero-order valence-electron chi connectivity index (χ0n) is 9.92. The summed E-state index contributed by atoms with van der Waals surface area (Å²) in [5.74, 6) is 0. The molecule has 0 atom stereocenters. The fourth-order valence-corrected chi connectivity index (χ4v) is 1.99. The van der Waals surface area contributed by atoms with Crippen molar-refractivity contribution in [2.45, 2.75) is 0 Å². The largest absolute Gasteiger partial charge is 0.354 e. The molecular weight excluding hydrogens is 238 g/mol. The van der Waals surface area contributed by atoms with Gasteiger partial charge in [0, 0.05) is 34.9 Å². The van der Waals surface area contributed by atoms with Gasteiger partial charge in [0.05, 0.1) is 17.3 Å². The van der Waals surface area contributed by atoms with Crippen molar-refractivity contribution < 1.29 is 0 Å². The second-order valence-corrected chi connectivity index (χ2v) is 4.16. The average molecular weight is 247 g/mol. The smallest absolute Gasteiger partial charge is 0.190 e. The Hall–Kier alpha value is -2.93. The third-order valence-corrected chi connectivity index (χ3v) is 2.93. The monoisotopic (exact) mass is 247 g/mol. The molecule has 0 aliphatic carbocycles. The minimum Gasteiger partial charge on any atom is -0.354 e. The summed E-state index contributed by atoms with van der Waals surface area (Å²) in [7, 11) is 0. The maximum atomic E-state index is 12.1. The summed E-state index contributed by atoms with van der Waals surface area (Å²) in [6.07, 6.45) is 3.38. The van der Waals surface area contributed by atoms with Gasteiger partial charge < -0.3 is 4.98 Å². The van der Waals surface area contributed by atoms with Crippen molar-refractivity contribution in [3.05, 3.63) is 64.6 Å². The number of nitrogens with one attached hydrogen (secondary N) is 1. The second kappa shape index (κ2) is 4.39. The summed E-state index contributed by atoms with van der Waals surface area (Å²) < 4.78 is 0. The molecule has 0 saturated carbocycles. The molecule has 1 aromatic carbocycles. The van der Waals surface area contributed by atoms with Gasteiger partial charge in [-0.05, 0) is 30.3 Å². The maximum Gasteiger partial charge on any atom is 0.190 e. The standard InChI is InChI=1S/C15H9N3O/c16-8-10-3-4-13-12(6-10)15(19)7-14(18-13)11-2-1-5-17-9-11/h1-7,9H,(H,18,19). The predicted molar refractivity (Wildman–Crippen MR) is 72.5 cm³/mol. The van der Waals surface area contributed by atoms with Crippen molar-refractivity contribution in [3.8, 4) is 17.3 Å². The number of fused-ring (bicyclic) bond motifs is 1. The fourth-order valence-electron chi connectivity index (χ4n) is 1.99. The molecule has 1 N–H and O–H groups in total. The zero-order valence-corrected chi connectivity index (χ0v) is 9.92. The summed E-state index contributed by atoms with van der Waals surface area (Å²) in [6, 6.07) is 12.3. The Morgan fingerprint density at radius 2 is 2.11 bits per heavy atom. The highest BCUT2D eigenvalue weighted by Gasteiger charge is 2.05. The number of hydrogen-bond acceptors (Lipinski definition) is 3. The van der Waals surface area contributed by atoms with E-state index in [-0.39, 0.29) is 5.43 Å². The summed E-state index contributed by atoms with van der Waals surface area (Å²) in [5, 5.41) is 9.37. The van der Waals surface area contributed by atoms with Crippen LogP contribution in [0.2, 0.25) is 0 Å². The molecule has 0 amide bonds. The minimum atomic E-state index is -0.107. The molecule has 4 nitrogen and oxygen atoms in total.